The molecule has 5 nitrogen and oxygen atoms in total. The molecule has 1 aromatic rings. The second-order valence-corrected chi connectivity index (χ2v) is 6.99. The first-order valence-electron chi connectivity index (χ1n) is 8.23. The molecule has 1 saturated carbocycles. The number of nitrogens with zero attached hydrogens (tertiary/aromatic N) is 2. The summed E-state index contributed by atoms with van der Waals surface area (Å²) in [7, 11) is 0. The maximum Gasteiger partial charge on any atom is 0.313 e. The van der Waals surface area contributed by atoms with Gasteiger partial charge in [0.05, 0.1) is 4.92 Å². The number of fused-ring (bicyclic) bond motifs is 2. The molecule has 0 aromatic heterocycles. The molecule has 1 aliphatic carbocycles. The Hall–Kier alpha value is -1.59. The molecular formula is C17H19ClN2O3. The van der Waals surface area contributed by atoms with E-state index in [1.807, 2.05) is 0 Å². The Morgan fingerprint density at radius 2 is 2.00 bits per heavy atom. The monoisotopic (exact) mass is 334 g/mol. The largest absolute Gasteiger partial charge is 0.461 e. The molecule has 1 atom stereocenters. The molecule has 0 radical (unpaired) electrons. The number of hydrogen-bond acceptors (Lipinski definition) is 4. The lowest BCUT2D eigenvalue weighted by molar-refractivity contribution is -0.386. The first-order valence-corrected chi connectivity index (χ1v) is 8.61. The van der Waals surface area contributed by atoms with Crippen LogP contribution in [0.15, 0.2) is 17.7 Å². The third kappa shape index (κ3) is 2.34. The van der Waals surface area contributed by atoms with E-state index in [0.717, 1.165) is 57.2 Å². The molecule has 2 aliphatic heterocycles. The second kappa shape index (κ2) is 5.49. The lowest BCUT2D eigenvalue weighted by atomic mass is 9.82. The summed E-state index contributed by atoms with van der Waals surface area (Å²) < 4.78 is 6.41. The summed E-state index contributed by atoms with van der Waals surface area (Å²) >= 11 is 6.06. The van der Waals surface area contributed by atoms with Gasteiger partial charge >= 0.3 is 5.69 Å². The average molecular weight is 335 g/mol. The summed E-state index contributed by atoms with van der Waals surface area (Å²) in [5.41, 5.74) is 1.46. The van der Waals surface area contributed by atoms with Gasteiger partial charge in [0, 0.05) is 36.2 Å². The van der Waals surface area contributed by atoms with E-state index in [1.54, 1.807) is 6.07 Å². The topological polar surface area (TPSA) is 55.6 Å². The number of likely N-dealkylation sites (tertiary alicyclic amines) is 1. The van der Waals surface area contributed by atoms with E-state index in [1.165, 1.54) is 11.6 Å². The van der Waals surface area contributed by atoms with Gasteiger partial charge in [-0.3, -0.25) is 15.0 Å². The zero-order valence-electron chi connectivity index (χ0n) is 12.9. The van der Waals surface area contributed by atoms with Gasteiger partial charge in [-0.1, -0.05) is 11.6 Å². The molecule has 0 bridgehead atoms. The van der Waals surface area contributed by atoms with Crippen molar-refractivity contribution in [3.63, 3.8) is 0 Å². The van der Waals surface area contributed by atoms with Crippen molar-refractivity contribution >= 4 is 23.4 Å². The third-order valence-electron chi connectivity index (χ3n) is 5.19. The van der Waals surface area contributed by atoms with Crippen LogP contribution >= 0.6 is 11.6 Å². The van der Waals surface area contributed by atoms with E-state index in [2.05, 4.69) is 11.0 Å². The van der Waals surface area contributed by atoms with Crippen LogP contribution in [0.4, 0.5) is 5.69 Å². The molecule has 122 valence electrons. The number of nitro benzene ring substituents is 1. The molecule has 1 saturated heterocycles. The van der Waals surface area contributed by atoms with Crippen LogP contribution in [0.25, 0.3) is 6.08 Å². The van der Waals surface area contributed by atoms with E-state index in [4.69, 9.17) is 16.3 Å². The van der Waals surface area contributed by atoms with E-state index < -0.39 is 10.6 Å². The van der Waals surface area contributed by atoms with Crippen molar-refractivity contribution in [2.24, 2.45) is 0 Å². The van der Waals surface area contributed by atoms with E-state index in [-0.39, 0.29) is 5.69 Å². The number of nitro groups is 1. The number of halogens is 1. The Morgan fingerprint density at radius 1 is 1.22 bits per heavy atom. The van der Waals surface area contributed by atoms with Crippen molar-refractivity contribution < 1.29 is 9.66 Å². The molecule has 2 fully saturated rings. The van der Waals surface area contributed by atoms with Crippen molar-refractivity contribution in [3.8, 4) is 5.75 Å². The molecule has 23 heavy (non-hydrogen) atoms. The van der Waals surface area contributed by atoms with Crippen molar-refractivity contribution in [1.82, 2.24) is 4.90 Å². The average Bonchev–Trinajstić information content (AvgIpc) is 3.07. The number of hydrogen-bond donors (Lipinski definition) is 0. The molecule has 6 heteroatoms. The van der Waals surface area contributed by atoms with Crippen molar-refractivity contribution in [2.75, 3.05) is 13.1 Å². The van der Waals surface area contributed by atoms with Crippen LogP contribution in [0.5, 0.6) is 5.75 Å². The minimum atomic E-state index is -0.486. The zero-order chi connectivity index (χ0) is 16.0. The van der Waals surface area contributed by atoms with Gasteiger partial charge in [0.2, 0.25) is 5.75 Å². The highest BCUT2D eigenvalue weighted by Crippen LogP contribution is 2.49. The van der Waals surface area contributed by atoms with Gasteiger partial charge in [-0.25, -0.2) is 0 Å². The Labute approximate surface area is 140 Å². The van der Waals surface area contributed by atoms with Crippen molar-refractivity contribution in [2.45, 2.75) is 44.2 Å². The predicted molar refractivity (Wildman–Crippen MR) is 88.7 cm³/mol. The van der Waals surface area contributed by atoms with Gasteiger partial charge in [-0.15, -0.1) is 0 Å². The van der Waals surface area contributed by atoms with Crippen LogP contribution in [0.1, 0.15) is 44.1 Å². The summed E-state index contributed by atoms with van der Waals surface area (Å²) in [6, 6.07) is 3.15. The molecule has 3 aliphatic rings. The third-order valence-corrected chi connectivity index (χ3v) is 5.41. The number of ether oxygens (including phenoxy) is 1. The minimum absolute atomic E-state index is 0.0352. The Bertz CT molecular complexity index is 697. The lowest BCUT2D eigenvalue weighted by Gasteiger charge is -2.48. The van der Waals surface area contributed by atoms with Gasteiger partial charge in [-0.05, 0) is 49.8 Å². The highest BCUT2D eigenvalue weighted by Gasteiger charge is 2.48. The van der Waals surface area contributed by atoms with E-state index in [9.17, 15) is 10.1 Å². The molecule has 4 rings (SSSR count). The SMILES string of the molecule is O=[N+]([O-])c1cc(Cl)cc2c1OC1(N3CCCC3)CCCCC1=C2. The lowest BCUT2D eigenvalue weighted by Crippen LogP contribution is -2.55. The van der Waals surface area contributed by atoms with E-state index >= 15 is 0 Å². The normalized spacial score (nSPS) is 26.9. The molecule has 1 aromatic carbocycles. The van der Waals surface area contributed by atoms with Crippen LogP contribution in [0, 0.1) is 10.1 Å². The molecule has 0 spiro atoms. The number of benzene rings is 1. The highest BCUT2D eigenvalue weighted by atomic mass is 35.5. The van der Waals surface area contributed by atoms with Crippen LogP contribution in [-0.4, -0.2) is 28.6 Å². The van der Waals surface area contributed by atoms with Crippen LogP contribution < -0.4 is 4.74 Å². The van der Waals surface area contributed by atoms with Gasteiger partial charge in [-0.2, -0.15) is 0 Å². The Morgan fingerprint density at radius 3 is 2.74 bits per heavy atom. The maximum atomic E-state index is 11.4. The standard InChI is InChI=1S/C17H19ClN2O3/c18-14-10-12-9-13-5-1-2-6-17(13,19-7-3-4-8-19)23-16(12)15(11-14)20(21)22/h9-11H,1-8H2. The second-order valence-electron chi connectivity index (χ2n) is 6.56. The van der Waals surface area contributed by atoms with Gasteiger partial charge in [0.15, 0.2) is 5.72 Å². The summed E-state index contributed by atoms with van der Waals surface area (Å²) in [4.78, 5) is 13.4. The fourth-order valence-corrected chi connectivity index (χ4v) is 4.37. The first-order chi connectivity index (χ1) is 11.1. The smallest absolute Gasteiger partial charge is 0.313 e. The van der Waals surface area contributed by atoms with Crippen molar-refractivity contribution in [1.29, 1.82) is 0 Å². The van der Waals surface area contributed by atoms with Gasteiger partial charge in [0.1, 0.15) is 0 Å². The predicted octanol–water partition coefficient (Wildman–Crippen LogP) is 4.39. The first kappa shape index (κ1) is 15.0. The Balaban J connectivity index is 1.87. The number of rotatable bonds is 2. The quantitative estimate of drug-likeness (QED) is 0.594. The fraction of sp³-hybridized carbons (Fsp3) is 0.529. The summed E-state index contributed by atoms with van der Waals surface area (Å²) in [5, 5.41) is 11.8. The molecular weight excluding hydrogens is 316 g/mol. The van der Waals surface area contributed by atoms with Gasteiger partial charge in [0.25, 0.3) is 0 Å². The summed E-state index contributed by atoms with van der Waals surface area (Å²) in [6.07, 6.45) is 8.51. The van der Waals surface area contributed by atoms with Gasteiger partial charge < -0.3 is 4.74 Å². The molecule has 0 N–H and O–H groups in total. The Kier molecular flexibility index (Phi) is 3.58. The molecule has 1 unspecified atom stereocenters. The molecule has 0 amide bonds. The minimum Gasteiger partial charge on any atom is -0.461 e. The van der Waals surface area contributed by atoms with Crippen LogP contribution in [0.3, 0.4) is 0 Å². The summed E-state index contributed by atoms with van der Waals surface area (Å²) in [6.45, 7) is 1.99. The fourth-order valence-electron chi connectivity index (χ4n) is 4.15. The van der Waals surface area contributed by atoms with Crippen LogP contribution in [0.2, 0.25) is 5.02 Å². The molecule has 2 heterocycles. The highest BCUT2D eigenvalue weighted by molar-refractivity contribution is 6.31. The van der Waals surface area contributed by atoms with E-state index in [0.29, 0.717) is 10.8 Å². The zero-order valence-corrected chi connectivity index (χ0v) is 13.6. The summed E-state index contributed by atoms with van der Waals surface area (Å²) in [5.74, 6) is 0.372. The maximum absolute atomic E-state index is 11.4. The van der Waals surface area contributed by atoms with Crippen molar-refractivity contribution in [3.05, 3.63) is 38.4 Å². The van der Waals surface area contributed by atoms with Crippen LogP contribution in [-0.2, 0) is 0 Å².